The lowest BCUT2D eigenvalue weighted by Gasteiger charge is -2.27. The normalized spacial score (nSPS) is 10.4. The average Bonchev–Trinajstić information content (AvgIpc) is 2.32. The summed E-state index contributed by atoms with van der Waals surface area (Å²) in [4.78, 5) is 17.8. The van der Waals surface area contributed by atoms with Crippen molar-refractivity contribution in [2.24, 2.45) is 5.92 Å². The Labute approximate surface area is 119 Å². The van der Waals surface area contributed by atoms with Crippen molar-refractivity contribution in [1.29, 1.82) is 5.26 Å². The van der Waals surface area contributed by atoms with Gasteiger partial charge in [-0.25, -0.2) is 9.78 Å². The van der Waals surface area contributed by atoms with Gasteiger partial charge in [0, 0.05) is 18.8 Å². The highest BCUT2D eigenvalue weighted by Gasteiger charge is 2.21. The Hall–Kier alpha value is -2.09. The molecule has 0 spiro atoms. The van der Waals surface area contributed by atoms with E-state index in [4.69, 9.17) is 5.26 Å². The Morgan fingerprint density at radius 2 is 2.15 bits per heavy atom. The van der Waals surface area contributed by atoms with E-state index >= 15 is 0 Å². The molecular formula is C15H21N3O2. The van der Waals surface area contributed by atoms with Crippen LogP contribution in [-0.4, -0.2) is 29.1 Å². The van der Waals surface area contributed by atoms with Crippen LogP contribution < -0.4 is 4.90 Å². The number of anilines is 1. The van der Waals surface area contributed by atoms with E-state index in [0.29, 0.717) is 36.8 Å². The molecule has 0 fully saturated rings. The fourth-order valence-electron chi connectivity index (χ4n) is 2.22. The molecule has 0 aromatic carbocycles. The lowest BCUT2D eigenvalue weighted by molar-refractivity contribution is 0.0696. The minimum Gasteiger partial charge on any atom is -0.478 e. The van der Waals surface area contributed by atoms with E-state index < -0.39 is 5.97 Å². The molecule has 1 heterocycles. The van der Waals surface area contributed by atoms with Crippen molar-refractivity contribution < 1.29 is 9.90 Å². The molecule has 0 saturated carbocycles. The lowest BCUT2D eigenvalue weighted by Crippen LogP contribution is -2.31. The molecule has 0 amide bonds. The zero-order valence-electron chi connectivity index (χ0n) is 12.5. The summed E-state index contributed by atoms with van der Waals surface area (Å²) in [6, 6.07) is 3.87. The fourth-order valence-corrected chi connectivity index (χ4v) is 2.22. The summed E-state index contributed by atoms with van der Waals surface area (Å²) in [6.45, 7) is 8.91. The summed E-state index contributed by atoms with van der Waals surface area (Å²) in [5, 5.41) is 18.2. The summed E-state index contributed by atoms with van der Waals surface area (Å²) >= 11 is 0. The molecule has 5 heteroatoms. The number of aromatic nitrogens is 1. The highest BCUT2D eigenvalue weighted by Crippen LogP contribution is 2.23. The third kappa shape index (κ3) is 3.95. The van der Waals surface area contributed by atoms with Gasteiger partial charge in [-0.05, 0) is 31.4 Å². The number of aromatic carboxylic acids is 1. The summed E-state index contributed by atoms with van der Waals surface area (Å²) in [6.07, 6.45) is 0.348. The van der Waals surface area contributed by atoms with Crippen LogP contribution in [0.15, 0.2) is 6.07 Å². The number of rotatable bonds is 6. The minimum absolute atomic E-state index is 0.231. The van der Waals surface area contributed by atoms with E-state index in [9.17, 15) is 9.90 Å². The number of nitriles is 1. The largest absolute Gasteiger partial charge is 0.478 e. The van der Waals surface area contributed by atoms with Crippen molar-refractivity contribution in [2.75, 3.05) is 18.0 Å². The Bertz CT molecular complexity index is 533. The van der Waals surface area contributed by atoms with Crippen molar-refractivity contribution in [3.63, 3.8) is 0 Å². The highest BCUT2D eigenvalue weighted by atomic mass is 16.4. The second-order valence-corrected chi connectivity index (χ2v) is 5.33. The van der Waals surface area contributed by atoms with Crippen LogP contribution in [0.3, 0.4) is 0 Å². The van der Waals surface area contributed by atoms with Crippen LogP contribution in [0.2, 0.25) is 0 Å². The Morgan fingerprint density at radius 1 is 1.50 bits per heavy atom. The lowest BCUT2D eigenvalue weighted by atomic mass is 10.1. The number of nitrogens with zero attached hydrogens (tertiary/aromatic N) is 3. The number of carboxylic acid groups (broad SMARTS) is 1. The van der Waals surface area contributed by atoms with E-state index in [1.807, 2.05) is 11.8 Å². The molecule has 0 aliphatic carbocycles. The number of carboxylic acids is 1. The summed E-state index contributed by atoms with van der Waals surface area (Å²) in [7, 11) is 0. The first-order valence-electron chi connectivity index (χ1n) is 6.70. The predicted molar refractivity (Wildman–Crippen MR) is 78.0 cm³/mol. The van der Waals surface area contributed by atoms with Gasteiger partial charge < -0.3 is 10.0 Å². The number of carbonyl (C=O) groups is 1. The monoisotopic (exact) mass is 275 g/mol. The maximum atomic E-state index is 11.5. The predicted octanol–water partition coefficient (Wildman–Crippen LogP) is 2.77. The number of hydrogen-bond acceptors (Lipinski definition) is 4. The second-order valence-electron chi connectivity index (χ2n) is 5.33. The molecule has 1 N–H and O–H groups in total. The first kappa shape index (κ1) is 16.0. The minimum atomic E-state index is -0.976. The first-order chi connectivity index (χ1) is 9.36. The van der Waals surface area contributed by atoms with E-state index in [1.54, 1.807) is 13.0 Å². The van der Waals surface area contributed by atoms with Gasteiger partial charge >= 0.3 is 5.97 Å². The Kier molecular flexibility index (Phi) is 5.51. The number of aryl methyl sites for hydroxylation is 2. The van der Waals surface area contributed by atoms with Gasteiger partial charge in [-0.15, -0.1) is 0 Å². The van der Waals surface area contributed by atoms with Gasteiger partial charge in [-0.3, -0.25) is 0 Å². The van der Waals surface area contributed by atoms with E-state index in [1.165, 1.54) is 0 Å². The standard InChI is InChI=1S/C15H21N3O2/c1-10(2)9-18(7-5-6-16)14-13(15(19)20)11(3)8-12(4)17-14/h8,10H,5,7,9H2,1-4H3,(H,19,20). The molecule has 5 nitrogen and oxygen atoms in total. The molecule has 0 radical (unpaired) electrons. The van der Waals surface area contributed by atoms with E-state index in [2.05, 4.69) is 24.9 Å². The van der Waals surface area contributed by atoms with E-state index in [-0.39, 0.29) is 5.56 Å². The zero-order valence-corrected chi connectivity index (χ0v) is 12.5. The fraction of sp³-hybridized carbons (Fsp3) is 0.533. The zero-order chi connectivity index (χ0) is 15.3. The van der Waals surface area contributed by atoms with Crippen LogP contribution in [0.5, 0.6) is 0 Å². The highest BCUT2D eigenvalue weighted by molar-refractivity contribution is 5.95. The van der Waals surface area contributed by atoms with Gasteiger partial charge in [0.2, 0.25) is 0 Å². The smallest absolute Gasteiger partial charge is 0.339 e. The molecule has 108 valence electrons. The molecule has 1 aromatic heterocycles. The topological polar surface area (TPSA) is 77.2 Å². The van der Waals surface area contributed by atoms with Crippen LogP contribution >= 0.6 is 0 Å². The summed E-state index contributed by atoms with van der Waals surface area (Å²) in [5.41, 5.74) is 1.72. The number of pyridine rings is 1. The average molecular weight is 275 g/mol. The SMILES string of the molecule is Cc1cc(C)c(C(=O)O)c(N(CCC#N)CC(C)C)n1. The molecule has 0 saturated heterocycles. The van der Waals surface area contributed by atoms with Crippen LogP contribution in [0.4, 0.5) is 5.82 Å². The summed E-state index contributed by atoms with van der Waals surface area (Å²) < 4.78 is 0. The van der Waals surface area contributed by atoms with Crippen molar-refractivity contribution in [3.8, 4) is 6.07 Å². The molecular weight excluding hydrogens is 254 g/mol. The maximum absolute atomic E-state index is 11.5. The van der Waals surface area contributed by atoms with Gasteiger partial charge in [0.05, 0.1) is 12.5 Å². The van der Waals surface area contributed by atoms with Crippen LogP contribution in [0.25, 0.3) is 0 Å². The quantitative estimate of drug-likeness (QED) is 0.863. The second kappa shape index (κ2) is 6.90. The van der Waals surface area contributed by atoms with Crippen molar-refractivity contribution in [2.45, 2.75) is 34.1 Å². The molecule has 0 unspecified atom stereocenters. The van der Waals surface area contributed by atoms with Crippen LogP contribution in [0, 0.1) is 31.1 Å². The Morgan fingerprint density at radius 3 is 2.65 bits per heavy atom. The molecule has 0 aliphatic rings. The molecule has 20 heavy (non-hydrogen) atoms. The van der Waals surface area contributed by atoms with Crippen LogP contribution in [0.1, 0.15) is 41.9 Å². The van der Waals surface area contributed by atoms with Crippen LogP contribution in [-0.2, 0) is 0 Å². The van der Waals surface area contributed by atoms with Gasteiger partial charge in [0.25, 0.3) is 0 Å². The van der Waals surface area contributed by atoms with Gasteiger partial charge in [-0.1, -0.05) is 13.8 Å². The molecule has 0 atom stereocenters. The van der Waals surface area contributed by atoms with Gasteiger partial charge in [0.15, 0.2) is 0 Å². The van der Waals surface area contributed by atoms with E-state index in [0.717, 1.165) is 5.69 Å². The molecule has 0 bridgehead atoms. The third-order valence-corrected chi connectivity index (χ3v) is 2.92. The first-order valence-corrected chi connectivity index (χ1v) is 6.70. The molecule has 1 rings (SSSR count). The number of hydrogen-bond donors (Lipinski definition) is 1. The molecule has 0 aliphatic heterocycles. The maximum Gasteiger partial charge on any atom is 0.339 e. The van der Waals surface area contributed by atoms with Crippen molar-refractivity contribution in [3.05, 3.63) is 22.9 Å². The third-order valence-electron chi connectivity index (χ3n) is 2.92. The summed E-state index contributed by atoms with van der Waals surface area (Å²) in [5.74, 6) is -0.146. The van der Waals surface area contributed by atoms with Crippen molar-refractivity contribution in [1.82, 2.24) is 4.98 Å². The molecule has 1 aromatic rings. The van der Waals surface area contributed by atoms with Crippen molar-refractivity contribution >= 4 is 11.8 Å². The van der Waals surface area contributed by atoms with Gasteiger partial charge in [0.1, 0.15) is 11.4 Å². The van der Waals surface area contributed by atoms with Gasteiger partial charge in [-0.2, -0.15) is 5.26 Å². The Balaban J connectivity index is 3.30.